The molecule has 28 heavy (non-hydrogen) atoms. The number of piperidine rings is 1. The zero-order valence-corrected chi connectivity index (χ0v) is 15.7. The van der Waals surface area contributed by atoms with Crippen molar-refractivity contribution in [2.45, 2.75) is 19.8 Å². The Balaban J connectivity index is 1.53. The van der Waals surface area contributed by atoms with Gasteiger partial charge in [0.15, 0.2) is 6.61 Å². The maximum absolute atomic E-state index is 12.6. The van der Waals surface area contributed by atoms with Gasteiger partial charge in [-0.1, -0.05) is 6.07 Å². The molecule has 1 aromatic heterocycles. The van der Waals surface area contributed by atoms with Crippen molar-refractivity contribution in [3.8, 4) is 11.8 Å². The predicted molar refractivity (Wildman–Crippen MR) is 104 cm³/mol. The van der Waals surface area contributed by atoms with Gasteiger partial charge in [-0.25, -0.2) is 4.98 Å². The van der Waals surface area contributed by atoms with E-state index in [9.17, 15) is 9.59 Å². The van der Waals surface area contributed by atoms with Crippen LogP contribution in [-0.2, 0) is 9.59 Å². The smallest absolute Gasteiger partial charge is 0.260 e. The Bertz CT molecular complexity index is 889. The Morgan fingerprint density at radius 1 is 1.32 bits per heavy atom. The number of rotatable bonds is 5. The summed E-state index contributed by atoms with van der Waals surface area (Å²) in [4.78, 5) is 30.9. The average molecular weight is 378 g/mol. The lowest BCUT2D eigenvalue weighted by molar-refractivity contribution is -0.136. The van der Waals surface area contributed by atoms with Crippen molar-refractivity contribution in [1.29, 1.82) is 5.26 Å². The number of hydrogen-bond donors (Lipinski definition) is 1. The fourth-order valence-electron chi connectivity index (χ4n) is 3.12. The molecule has 0 saturated carbocycles. The Kier molecular flexibility index (Phi) is 6.22. The number of hydrogen-bond acceptors (Lipinski definition) is 5. The number of carbonyl (C=O) groups is 2. The van der Waals surface area contributed by atoms with Crippen molar-refractivity contribution >= 4 is 17.6 Å². The molecule has 144 valence electrons. The number of aryl methyl sites for hydroxylation is 1. The summed E-state index contributed by atoms with van der Waals surface area (Å²) in [5.41, 5.74) is 1.43. The Morgan fingerprint density at radius 2 is 2.11 bits per heavy atom. The highest BCUT2D eigenvalue weighted by Crippen LogP contribution is 2.20. The summed E-state index contributed by atoms with van der Waals surface area (Å²) in [7, 11) is 0. The molecule has 1 aromatic carbocycles. The lowest BCUT2D eigenvalue weighted by Gasteiger charge is -2.32. The first kappa shape index (κ1) is 19.4. The summed E-state index contributed by atoms with van der Waals surface area (Å²) < 4.78 is 5.52. The van der Waals surface area contributed by atoms with E-state index in [-0.39, 0.29) is 24.3 Å². The summed E-state index contributed by atoms with van der Waals surface area (Å²) in [5.74, 6) is 0.543. The van der Waals surface area contributed by atoms with E-state index in [1.54, 1.807) is 35.4 Å². The summed E-state index contributed by atoms with van der Waals surface area (Å²) in [6, 6.07) is 12.3. The summed E-state index contributed by atoms with van der Waals surface area (Å²) in [6.45, 7) is 2.77. The molecule has 3 rings (SSSR count). The molecular weight excluding hydrogens is 356 g/mol. The average Bonchev–Trinajstić information content (AvgIpc) is 2.74. The van der Waals surface area contributed by atoms with Gasteiger partial charge in [-0.05, 0) is 55.7 Å². The van der Waals surface area contributed by atoms with Gasteiger partial charge < -0.3 is 15.0 Å². The molecule has 7 heteroatoms. The zero-order valence-electron chi connectivity index (χ0n) is 15.7. The van der Waals surface area contributed by atoms with Gasteiger partial charge in [0.2, 0.25) is 5.91 Å². The highest BCUT2D eigenvalue weighted by molar-refractivity contribution is 5.93. The maximum Gasteiger partial charge on any atom is 0.260 e. The third-order valence-corrected chi connectivity index (χ3v) is 4.74. The molecule has 1 N–H and O–H groups in total. The Hall–Kier alpha value is -3.40. The third-order valence-electron chi connectivity index (χ3n) is 4.74. The van der Waals surface area contributed by atoms with E-state index in [0.29, 0.717) is 30.2 Å². The summed E-state index contributed by atoms with van der Waals surface area (Å²) in [6.07, 6.45) is 3.14. The van der Waals surface area contributed by atoms with E-state index < -0.39 is 0 Å². The molecule has 0 bridgehead atoms. The van der Waals surface area contributed by atoms with E-state index in [4.69, 9.17) is 10.00 Å². The number of amides is 2. The molecule has 1 atom stereocenters. The Morgan fingerprint density at radius 3 is 2.82 bits per heavy atom. The van der Waals surface area contributed by atoms with Crippen LogP contribution in [0.15, 0.2) is 42.6 Å². The molecule has 0 radical (unpaired) electrons. The lowest BCUT2D eigenvalue weighted by Crippen LogP contribution is -2.45. The van der Waals surface area contributed by atoms with E-state index in [2.05, 4.69) is 10.3 Å². The Labute approximate surface area is 163 Å². The van der Waals surface area contributed by atoms with Crippen molar-refractivity contribution in [1.82, 2.24) is 9.88 Å². The number of pyridine rings is 1. The molecule has 2 amide bonds. The highest BCUT2D eigenvalue weighted by atomic mass is 16.5. The second-order valence-electron chi connectivity index (χ2n) is 6.76. The van der Waals surface area contributed by atoms with Gasteiger partial charge in [0.05, 0.1) is 17.6 Å². The monoisotopic (exact) mass is 378 g/mol. The molecule has 1 aliphatic heterocycles. The number of likely N-dealkylation sites (tertiary alicyclic amines) is 1. The first-order valence-corrected chi connectivity index (χ1v) is 9.20. The number of carbonyl (C=O) groups excluding carboxylic acids is 2. The van der Waals surface area contributed by atoms with Crippen LogP contribution in [0.3, 0.4) is 0 Å². The molecule has 1 fully saturated rings. The zero-order chi connectivity index (χ0) is 19.9. The van der Waals surface area contributed by atoms with Crippen LogP contribution in [0.1, 0.15) is 24.0 Å². The molecule has 0 aliphatic carbocycles. The normalized spacial score (nSPS) is 16.1. The molecule has 7 nitrogen and oxygen atoms in total. The topological polar surface area (TPSA) is 95.3 Å². The molecule has 1 saturated heterocycles. The molecule has 1 aliphatic rings. The van der Waals surface area contributed by atoms with Crippen LogP contribution in [0, 0.1) is 24.2 Å². The minimum atomic E-state index is -0.269. The molecule has 0 spiro atoms. The summed E-state index contributed by atoms with van der Waals surface area (Å²) >= 11 is 0. The number of aromatic nitrogens is 1. The second kappa shape index (κ2) is 9.00. The van der Waals surface area contributed by atoms with Gasteiger partial charge in [0.1, 0.15) is 11.6 Å². The van der Waals surface area contributed by atoms with Crippen molar-refractivity contribution in [3.63, 3.8) is 0 Å². The number of nitrogens with one attached hydrogen (secondary N) is 1. The largest absolute Gasteiger partial charge is 0.484 e. The number of benzene rings is 1. The quantitative estimate of drug-likeness (QED) is 0.863. The lowest BCUT2D eigenvalue weighted by atomic mass is 9.97. The number of nitrogens with zero attached hydrogens (tertiary/aromatic N) is 3. The fourth-order valence-corrected chi connectivity index (χ4v) is 3.12. The predicted octanol–water partition coefficient (Wildman–Crippen LogP) is 2.52. The first-order chi connectivity index (χ1) is 13.6. The van der Waals surface area contributed by atoms with Crippen LogP contribution in [-0.4, -0.2) is 41.4 Å². The van der Waals surface area contributed by atoms with E-state index >= 15 is 0 Å². The molecule has 2 aromatic rings. The SMILES string of the molecule is Cc1cccnc1NC(=O)C1CCCN(C(=O)COc2ccc(C#N)cc2)C1. The van der Waals surface area contributed by atoms with Crippen molar-refractivity contribution in [2.75, 3.05) is 25.0 Å². The summed E-state index contributed by atoms with van der Waals surface area (Å²) in [5, 5.41) is 11.7. The maximum atomic E-state index is 12.6. The van der Waals surface area contributed by atoms with Gasteiger partial charge in [-0.3, -0.25) is 9.59 Å². The standard InChI is InChI=1S/C21H22N4O3/c1-15-4-2-10-23-20(15)24-21(27)17-5-3-11-25(13-17)19(26)14-28-18-8-6-16(12-22)7-9-18/h2,4,6-10,17H,3,5,11,13-14H2,1H3,(H,23,24,27). The van der Waals surface area contributed by atoms with Crippen LogP contribution in [0.4, 0.5) is 5.82 Å². The fraction of sp³-hybridized carbons (Fsp3) is 0.333. The number of ether oxygens (including phenoxy) is 1. The molecule has 1 unspecified atom stereocenters. The van der Waals surface area contributed by atoms with Crippen molar-refractivity contribution in [2.24, 2.45) is 5.92 Å². The van der Waals surface area contributed by atoms with Gasteiger partial charge in [-0.15, -0.1) is 0 Å². The van der Waals surface area contributed by atoms with Crippen molar-refractivity contribution < 1.29 is 14.3 Å². The first-order valence-electron chi connectivity index (χ1n) is 9.20. The second-order valence-corrected chi connectivity index (χ2v) is 6.76. The number of nitriles is 1. The van der Waals surface area contributed by atoms with Gasteiger partial charge in [0, 0.05) is 19.3 Å². The van der Waals surface area contributed by atoms with Crippen LogP contribution in [0.5, 0.6) is 5.75 Å². The number of anilines is 1. The van der Waals surface area contributed by atoms with E-state index in [1.807, 2.05) is 25.1 Å². The van der Waals surface area contributed by atoms with Crippen LogP contribution in [0.25, 0.3) is 0 Å². The van der Waals surface area contributed by atoms with E-state index in [1.165, 1.54) is 0 Å². The van der Waals surface area contributed by atoms with Crippen LogP contribution < -0.4 is 10.1 Å². The van der Waals surface area contributed by atoms with Crippen LogP contribution >= 0.6 is 0 Å². The third kappa shape index (κ3) is 4.86. The highest BCUT2D eigenvalue weighted by Gasteiger charge is 2.29. The molecular formula is C21H22N4O3. The minimum Gasteiger partial charge on any atom is -0.484 e. The van der Waals surface area contributed by atoms with Gasteiger partial charge >= 0.3 is 0 Å². The van der Waals surface area contributed by atoms with Gasteiger partial charge in [0.25, 0.3) is 5.91 Å². The minimum absolute atomic E-state index is 0.0976. The van der Waals surface area contributed by atoms with Gasteiger partial charge in [-0.2, -0.15) is 5.26 Å². The van der Waals surface area contributed by atoms with E-state index in [0.717, 1.165) is 18.4 Å². The van der Waals surface area contributed by atoms with Crippen molar-refractivity contribution in [3.05, 3.63) is 53.7 Å². The molecule has 2 heterocycles. The van der Waals surface area contributed by atoms with Crippen LogP contribution in [0.2, 0.25) is 0 Å².